The average molecular weight is 262 g/mol. The molecule has 0 spiro atoms. The second-order valence-corrected chi connectivity index (χ2v) is 5.51. The summed E-state index contributed by atoms with van der Waals surface area (Å²) in [5, 5.41) is 2.97. The van der Waals surface area contributed by atoms with Crippen molar-refractivity contribution in [1.82, 2.24) is 5.32 Å². The highest BCUT2D eigenvalue weighted by Gasteiger charge is 2.35. The number of ether oxygens (including phenoxy) is 1. The smallest absolute Gasteiger partial charge is 0.410 e. The Kier molecular flexibility index (Phi) is 4.43. The Hall–Kier alpha value is -1.55. The summed E-state index contributed by atoms with van der Waals surface area (Å²) in [5.74, 6) is 1.14. The van der Waals surface area contributed by atoms with Crippen LogP contribution in [-0.4, -0.2) is 18.2 Å². The Bertz CT molecular complexity index is 421. The van der Waals surface area contributed by atoms with Crippen molar-refractivity contribution in [3.05, 3.63) is 30.3 Å². The minimum atomic E-state index is -0.411. The maximum atomic E-state index is 12.0. The van der Waals surface area contributed by atoms with Crippen LogP contribution in [0.2, 0.25) is 0 Å². The molecule has 104 valence electrons. The van der Waals surface area contributed by atoms with Gasteiger partial charge in [0.15, 0.2) is 0 Å². The van der Waals surface area contributed by atoms with E-state index in [0.717, 1.165) is 19.3 Å². The SMILES string of the molecule is CC1CCCC(CN)(NC(=O)Oc2ccccc2)C1. The molecule has 0 heterocycles. The molecule has 4 heteroatoms. The lowest BCUT2D eigenvalue weighted by atomic mass is 9.76. The summed E-state index contributed by atoms with van der Waals surface area (Å²) in [5.41, 5.74) is 5.57. The lowest BCUT2D eigenvalue weighted by molar-refractivity contribution is 0.157. The van der Waals surface area contributed by atoms with Crippen molar-refractivity contribution < 1.29 is 9.53 Å². The van der Waals surface area contributed by atoms with Gasteiger partial charge in [0.2, 0.25) is 0 Å². The summed E-state index contributed by atoms with van der Waals surface area (Å²) in [6.45, 7) is 2.66. The Morgan fingerprint density at radius 1 is 1.47 bits per heavy atom. The van der Waals surface area contributed by atoms with Crippen molar-refractivity contribution in [2.24, 2.45) is 11.7 Å². The number of rotatable bonds is 3. The average Bonchev–Trinajstić information content (AvgIpc) is 2.39. The highest BCUT2D eigenvalue weighted by Crippen LogP contribution is 2.31. The second kappa shape index (κ2) is 6.06. The topological polar surface area (TPSA) is 64.3 Å². The molecule has 0 aromatic heterocycles. The summed E-state index contributed by atoms with van der Waals surface area (Å²) in [7, 11) is 0. The molecule has 0 aliphatic heterocycles. The first-order valence-electron chi connectivity index (χ1n) is 6.89. The molecule has 1 aromatic carbocycles. The number of nitrogens with one attached hydrogen (secondary N) is 1. The minimum Gasteiger partial charge on any atom is -0.410 e. The predicted molar refractivity (Wildman–Crippen MR) is 75.0 cm³/mol. The third kappa shape index (κ3) is 3.70. The number of hydrogen-bond acceptors (Lipinski definition) is 3. The van der Waals surface area contributed by atoms with Gasteiger partial charge >= 0.3 is 6.09 Å². The Morgan fingerprint density at radius 2 is 2.21 bits per heavy atom. The predicted octanol–water partition coefficient (Wildman–Crippen LogP) is 2.68. The van der Waals surface area contributed by atoms with E-state index in [-0.39, 0.29) is 5.54 Å². The van der Waals surface area contributed by atoms with Crippen LogP contribution in [0.15, 0.2) is 30.3 Å². The molecule has 1 aromatic rings. The van der Waals surface area contributed by atoms with Crippen molar-refractivity contribution in [3.63, 3.8) is 0 Å². The Labute approximate surface area is 114 Å². The lowest BCUT2D eigenvalue weighted by Gasteiger charge is -2.39. The standard InChI is InChI=1S/C15H22N2O2/c1-12-6-5-9-15(10-12,11-16)17-14(18)19-13-7-3-2-4-8-13/h2-4,7-8,12H,5-6,9-11,16H2,1H3,(H,17,18). The molecule has 1 fully saturated rings. The molecule has 19 heavy (non-hydrogen) atoms. The maximum Gasteiger partial charge on any atom is 0.413 e. The highest BCUT2D eigenvalue weighted by atomic mass is 16.6. The van der Waals surface area contributed by atoms with Crippen molar-refractivity contribution in [1.29, 1.82) is 0 Å². The van der Waals surface area contributed by atoms with E-state index in [9.17, 15) is 4.79 Å². The van der Waals surface area contributed by atoms with Gasteiger partial charge in [-0.3, -0.25) is 0 Å². The summed E-state index contributed by atoms with van der Waals surface area (Å²) >= 11 is 0. The van der Waals surface area contributed by atoms with E-state index < -0.39 is 6.09 Å². The van der Waals surface area contributed by atoms with E-state index in [0.29, 0.717) is 18.2 Å². The van der Waals surface area contributed by atoms with Crippen LogP contribution in [0.3, 0.4) is 0 Å². The van der Waals surface area contributed by atoms with E-state index in [1.807, 2.05) is 18.2 Å². The number of hydrogen-bond donors (Lipinski definition) is 2. The molecule has 1 aliphatic carbocycles. The first-order chi connectivity index (χ1) is 9.13. The van der Waals surface area contributed by atoms with Crippen LogP contribution in [0.5, 0.6) is 5.75 Å². The Morgan fingerprint density at radius 3 is 2.84 bits per heavy atom. The zero-order valence-corrected chi connectivity index (χ0v) is 11.4. The van der Waals surface area contributed by atoms with Crippen LogP contribution in [-0.2, 0) is 0 Å². The molecule has 4 nitrogen and oxygen atoms in total. The van der Waals surface area contributed by atoms with Gasteiger partial charge in [0.05, 0.1) is 5.54 Å². The fraction of sp³-hybridized carbons (Fsp3) is 0.533. The van der Waals surface area contributed by atoms with Gasteiger partial charge in [-0.1, -0.05) is 38.0 Å². The van der Waals surface area contributed by atoms with Crippen molar-refractivity contribution >= 4 is 6.09 Å². The summed E-state index contributed by atoms with van der Waals surface area (Å²) in [6.07, 6.45) is 3.75. The summed E-state index contributed by atoms with van der Waals surface area (Å²) in [6, 6.07) is 9.08. The molecule has 1 aliphatic rings. The zero-order valence-electron chi connectivity index (χ0n) is 11.4. The molecular formula is C15H22N2O2. The number of carbonyl (C=O) groups excluding carboxylic acids is 1. The lowest BCUT2D eigenvalue weighted by Crippen LogP contribution is -2.56. The number of nitrogens with two attached hydrogens (primary N) is 1. The molecule has 1 saturated carbocycles. The third-order valence-electron chi connectivity index (χ3n) is 3.80. The molecule has 3 N–H and O–H groups in total. The maximum absolute atomic E-state index is 12.0. The Balaban J connectivity index is 1.96. The van der Waals surface area contributed by atoms with Gasteiger partial charge in [0.25, 0.3) is 0 Å². The van der Waals surface area contributed by atoms with Gasteiger partial charge in [-0.25, -0.2) is 4.79 Å². The van der Waals surface area contributed by atoms with Gasteiger partial charge in [-0.2, -0.15) is 0 Å². The van der Waals surface area contributed by atoms with E-state index in [4.69, 9.17) is 10.5 Å². The number of carbonyl (C=O) groups is 1. The van der Waals surface area contributed by atoms with Crippen LogP contribution in [0.4, 0.5) is 4.79 Å². The third-order valence-corrected chi connectivity index (χ3v) is 3.80. The van der Waals surface area contributed by atoms with E-state index in [1.54, 1.807) is 12.1 Å². The molecule has 1 amide bonds. The van der Waals surface area contributed by atoms with Gasteiger partial charge in [-0.15, -0.1) is 0 Å². The number of benzene rings is 1. The van der Waals surface area contributed by atoms with Crippen LogP contribution >= 0.6 is 0 Å². The fourth-order valence-electron chi connectivity index (χ4n) is 2.85. The minimum absolute atomic E-state index is 0.302. The van der Waals surface area contributed by atoms with Gasteiger partial charge in [-0.05, 0) is 30.9 Å². The molecule has 2 unspecified atom stereocenters. The van der Waals surface area contributed by atoms with Gasteiger partial charge in [0.1, 0.15) is 5.75 Å². The largest absolute Gasteiger partial charge is 0.413 e. The first-order valence-corrected chi connectivity index (χ1v) is 6.89. The molecule has 0 radical (unpaired) electrons. The highest BCUT2D eigenvalue weighted by molar-refractivity contribution is 5.71. The van der Waals surface area contributed by atoms with Crippen molar-refractivity contribution in [2.75, 3.05) is 6.54 Å². The van der Waals surface area contributed by atoms with Gasteiger partial charge in [0, 0.05) is 6.54 Å². The summed E-state index contributed by atoms with van der Waals surface area (Å²) < 4.78 is 5.27. The first kappa shape index (κ1) is 13.9. The fourth-order valence-corrected chi connectivity index (χ4v) is 2.85. The summed E-state index contributed by atoms with van der Waals surface area (Å²) in [4.78, 5) is 12.0. The molecular weight excluding hydrogens is 240 g/mol. The normalized spacial score (nSPS) is 26.7. The van der Waals surface area contributed by atoms with Crippen molar-refractivity contribution in [3.8, 4) is 5.75 Å². The molecule has 0 bridgehead atoms. The van der Waals surface area contributed by atoms with Crippen LogP contribution < -0.4 is 15.8 Å². The monoisotopic (exact) mass is 262 g/mol. The van der Waals surface area contributed by atoms with Crippen molar-refractivity contribution in [2.45, 2.75) is 38.1 Å². The molecule has 0 saturated heterocycles. The van der Waals surface area contributed by atoms with Gasteiger partial charge < -0.3 is 15.8 Å². The second-order valence-electron chi connectivity index (χ2n) is 5.51. The van der Waals surface area contributed by atoms with E-state index in [2.05, 4.69) is 12.2 Å². The molecule has 2 atom stereocenters. The van der Waals surface area contributed by atoms with E-state index >= 15 is 0 Å². The number of para-hydroxylation sites is 1. The van der Waals surface area contributed by atoms with Crippen LogP contribution in [0.1, 0.15) is 32.6 Å². The van der Waals surface area contributed by atoms with Crippen LogP contribution in [0, 0.1) is 5.92 Å². The van der Waals surface area contributed by atoms with E-state index in [1.165, 1.54) is 6.42 Å². The number of amides is 1. The molecule has 2 rings (SSSR count). The quantitative estimate of drug-likeness (QED) is 0.880. The zero-order chi connectivity index (χ0) is 13.7. The van der Waals surface area contributed by atoms with Crippen LogP contribution in [0.25, 0.3) is 0 Å².